The highest BCUT2D eigenvalue weighted by Crippen LogP contribution is 1.96. The van der Waals surface area contributed by atoms with Crippen LogP contribution in [0.15, 0.2) is 48.8 Å². The molecule has 2 heterocycles. The van der Waals surface area contributed by atoms with Crippen molar-refractivity contribution in [3.05, 3.63) is 55.0 Å². The summed E-state index contributed by atoms with van der Waals surface area (Å²) >= 11 is 0. The molecule has 2 aromatic heterocycles. The van der Waals surface area contributed by atoms with Gasteiger partial charge in [0.15, 0.2) is 5.82 Å². The zero-order valence-electron chi connectivity index (χ0n) is 7.01. The Kier molecular flexibility index (Phi) is 2.18. The minimum atomic E-state index is 0.801. The molecule has 0 amide bonds. The van der Waals surface area contributed by atoms with E-state index in [1.165, 1.54) is 0 Å². The van der Waals surface area contributed by atoms with Gasteiger partial charge in [0, 0.05) is 6.20 Å². The molecule has 0 bridgehead atoms. The van der Waals surface area contributed by atoms with E-state index in [0.717, 1.165) is 5.82 Å². The van der Waals surface area contributed by atoms with Crippen LogP contribution < -0.4 is 10.1 Å². The van der Waals surface area contributed by atoms with Crippen LogP contribution in [0.25, 0.3) is 0 Å². The molecule has 0 unspecified atom stereocenters. The van der Waals surface area contributed by atoms with E-state index >= 15 is 0 Å². The molecular formula is C10H9N3. The van der Waals surface area contributed by atoms with Crippen LogP contribution in [-0.2, 0) is 0 Å². The summed E-state index contributed by atoms with van der Waals surface area (Å²) < 4.78 is 1.72. The van der Waals surface area contributed by atoms with Gasteiger partial charge < -0.3 is 0 Å². The van der Waals surface area contributed by atoms with Crippen LogP contribution in [-0.4, -0.2) is 4.98 Å². The SMILES string of the molecule is [c-]1cccc[n+]1Nc1ccccn1. The molecule has 0 atom stereocenters. The lowest BCUT2D eigenvalue weighted by Gasteiger charge is -2.01. The number of anilines is 1. The third kappa shape index (κ3) is 2.02. The maximum Gasteiger partial charge on any atom is 0.182 e. The minimum absolute atomic E-state index is 0.801. The third-order valence-corrected chi connectivity index (χ3v) is 1.56. The zero-order chi connectivity index (χ0) is 8.93. The number of hydrogen-bond donors (Lipinski definition) is 1. The molecule has 0 aliphatic carbocycles. The van der Waals surface area contributed by atoms with Crippen LogP contribution in [0.2, 0.25) is 0 Å². The Balaban J connectivity index is 2.16. The topological polar surface area (TPSA) is 28.8 Å². The van der Waals surface area contributed by atoms with E-state index in [2.05, 4.69) is 16.6 Å². The summed E-state index contributed by atoms with van der Waals surface area (Å²) in [5, 5.41) is 0. The fraction of sp³-hybridized carbons (Fsp3) is 0. The van der Waals surface area contributed by atoms with Gasteiger partial charge in [0.25, 0.3) is 0 Å². The second-order valence-electron chi connectivity index (χ2n) is 2.53. The number of nitrogens with one attached hydrogen (secondary N) is 1. The number of pyridine rings is 2. The molecule has 0 radical (unpaired) electrons. The van der Waals surface area contributed by atoms with E-state index in [0.29, 0.717) is 0 Å². The van der Waals surface area contributed by atoms with E-state index in [1.807, 2.05) is 42.6 Å². The fourth-order valence-electron chi connectivity index (χ4n) is 0.980. The van der Waals surface area contributed by atoms with Crippen molar-refractivity contribution in [1.29, 1.82) is 0 Å². The van der Waals surface area contributed by atoms with Gasteiger partial charge in [-0.3, -0.25) is 0 Å². The lowest BCUT2D eigenvalue weighted by atomic mass is 10.5. The van der Waals surface area contributed by atoms with Crippen molar-refractivity contribution in [2.75, 3.05) is 5.43 Å². The first-order valence-corrected chi connectivity index (χ1v) is 4.01. The maximum atomic E-state index is 4.12. The molecule has 1 N–H and O–H groups in total. The van der Waals surface area contributed by atoms with Crippen molar-refractivity contribution in [3.63, 3.8) is 0 Å². The van der Waals surface area contributed by atoms with Crippen molar-refractivity contribution in [3.8, 4) is 0 Å². The van der Waals surface area contributed by atoms with Crippen LogP contribution in [0.4, 0.5) is 5.82 Å². The highest BCUT2D eigenvalue weighted by atomic mass is 15.4. The summed E-state index contributed by atoms with van der Waals surface area (Å²) in [6.07, 6.45) is 6.59. The Hall–Kier alpha value is -1.90. The molecule has 3 heteroatoms. The second-order valence-corrected chi connectivity index (χ2v) is 2.53. The number of hydrogen-bond acceptors (Lipinski definition) is 2. The monoisotopic (exact) mass is 171 g/mol. The molecule has 64 valence electrons. The molecule has 0 aromatic carbocycles. The molecule has 0 aliphatic heterocycles. The van der Waals surface area contributed by atoms with Crippen LogP contribution in [0.1, 0.15) is 0 Å². The average Bonchev–Trinajstić information content (AvgIpc) is 2.21. The maximum absolute atomic E-state index is 4.12. The van der Waals surface area contributed by atoms with Gasteiger partial charge in [-0.05, 0) is 12.1 Å². The Morgan fingerprint density at radius 1 is 1.23 bits per heavy atom. The Bertz CT molecular complexity index is 321. The molecule has 0 saturated carbocycles. The van der Waals surface area contributed by atoms with Crippen molar-refractivity contribution in [2.24, 2.45) is 0 Å². The van der Waals surface area contributed by atoms with Gasteiger partial charge in [-0.15, -0.1) is 12.1 Å². The van der Waals surface area contributed by atoms with E-state index in [-0.39, 0.29) is 0 Å². The molecule has 0 fully saturated rings. The molecular weight excluding hydrogens is 162 g/mol. The van der Waals surface area contributed by atoms with Gasteiger partial charge in [-0.1, -0.05) is 6.07 Å². The van der Waals surface area contributed by atoms with Crippen LogP contribution in [0.5, 0.6) is 0 Å². The molecule has 2 aromatic rings. The van der Waals surface area contributed by atoms with Gasteiger partial charge in [0.2, 0.25) is 0 Å². The molecule has 3 nitrogen and oxygen atoms in total. The summed E-state index contributed by atoms with van der Waals surface area (Å²) in [5.74, 6) is 0.801. The summed E-state index contributed by atoms with van der Waals surface area (Å²) in [4.78, 5) is 4.12. The van der Waals surface area contributed by atoms with Gasteiger partial charge in [0.1, 0.15) is 6.20 Å². The average molecular weight is 171 g/mol. The van der Waals surface area contributed by atoms with E-state index in [4.69, 9.17) is 0 Å². The molecule has 2 rings (SSSR count). The van der Waals surface area contributed by atoms with Gasteiger partial charge >= 0.3 is 0 Å². The molecule has 0 aliphatic rings. The van der Waals surface area contributed by atoms with Gasteiger partial charge in [0.05, 0.1) is 6.20 Å². The Labute approximate surface area is 76.7 Å². The number of rotatable bonds is 2. The first-order chi connectivity index (χ1) is 6.45. The Morgan fingerprint density at radius 3 is 2.92 bits per heavy atom. The second kappa shape index (κ2) is 3.67. The van der Waals surface area contributed by atoms with Crippen LogP contribution in [0, 0.1) is 6.20 Å². The minimum Gasteiger partial charge on any atom is -0.234 e. The highest BCUT2D eigenvalue weighted by molar-refractivity contribution is 5.29. The first kappa shape index (κ1) is 7.73. The van der Waals surface area contributed by atoms with Gasteiger partial charge in [-0.2, -0.15) is 16.2 Å². The summed E-state index contributed by atoms with van der Waals surface area (Å²) in [7, 11) is 0. The predicted octanol–water partition coefficient (Wildman–Crippen LogP) is 1.04. The summed E-state index contributed by atoms with van der Waals surface area (Å²) in [5.41, 5.74) is 3.05. The molecule has 0 saturated heterocycles. The molecule has 0 spiro atoms. The fourth-order valence-corrected chi connectivity index (χ4v) is 0.980. The lowest BCUT2D eigenvalue weighted by molar-refractivity contribution is -0.647. The van der Waals surface area contributed by atoms with Crippen LogP contribution in [0.3, 0.4) is 0 Å². The Morgan fingerprint density at radius 2 is 2.23 bits per heavy atom. The summed E-state index contributed by atoms with van der Waals surface area (Å²) in [6, 6.07) is 11.4. The highest BCUT2D eigenvalue weighted by Gasteiger charge is 1.93. The lowest BCUT2D eigenvalue weighted by Crippen LogP contribution is -2.41. The van der Waals surface area contributed by atoms with Crippen molar-refractivity contribution in [1.82, 2.24) is 4.98 Å². The third-order valence-electron chi connectivity index (χ3n) is 1.56. The van der Waals surface area contributed by atoms with Crippen molar-refractivity contribution in [2.45, 2.75) is 0 Å². The molecule has 13 heavy (non-hydrogen) atoms. The summed E-state index contributed by atoms with van der Waals surface area (Å²) in [6.45, 7) is 0. The van der Waals surface area contributed by atoms with E-state index in [1.54, 1.807) is 10.9 Å². The normalized spacial score (nSPS) is 9.54. The largest absolute Gasteiger partial charge is 0.234 e. The first-order valence-electron chi connectivity index (χ1n) is 4.01. The van der Waals surface area contributed by atoms with E-state index < -0.39 is 0 Å². The number of aromatic nitrogens is 2. The quantitative estimate of drug-likeness (QED) is 0.540. The van der Waals surface area contributed by atoms with Crippen molar-refractivity contribution < 1.29 is 4.68 Å². The van der Waals surface area contributed by atoms with Crippen molar-refractivity contribution >= 4 is 5.82 Å². The predicted molar refractivity (Wildman–Crippen MR) is 48.7 cm³/mol. The zero-order valence-corrected chi connectivity index (χ0v) is 7.01. The van der Waals surface area contributed by atoms with Gasteiger partial charge in [-0.25, -0.2) is 4.98 Å². The standard InChI is InChI=1S/C10H9N3/c1-4-8-13(9-5-1)12-10-6-2-3-7-11-10/h1-8H,(H,11,12). The smallest absolute Gasteiger partial charge is 0.182 e. The van der Waals surface area contributed by atoms with E-state index in [9.17, 15) is 0 Å². The number of nitrogens with zero attached hydrogens (tertiary/aromatic N) is 2. The van der Waals surface area contributed by atoms with Crippen LogP contribution >= 0.6 is 0 Å².